The van der Waals surface area contributed by atoms with E-state index in [1.807, 2.05) is 11.8 Å². The molecule has 0 aromatic heterocycles. The highest BCUT2D eigenvalue weighted by molar-refractivity contribution is 5.76. The lowest BCUT2D eigenvalue weighted by Gasteiger charge is -2.40. The summed E-state index contributed by atoms with van der Waals surface area (Å²) in [7, 11) is 0. The first-order chi connectivity index (χ1) is 9.93. The van der Waals surface area contributed by atoms with Gasteiger partial charge in [-0.25, -0.2) is 0 Å². The molecule has 2 aliphatic heterocycles. The maximum atomic E-state index is 12.5. The van der Waals surface area contributed by atoms with Gasteiger partial charge in [-0.1, -0.05) is 6.92 Å². The summed E-state index contributed by atoms with van der Waals surface area (Å²) in [5.41, 5.74) is -0.644. The van der Waals surface area contributed by atoms with Crippen LogP contribution in [0, 0.1) is 5.92 Å². The number of aliphatic hydroxyl groups is 1. The third-order valence-electron chi connectivity index (χ3n) is 5.41. The van der Waals surface area contributed by atoms with Gasteiger partial charge in [0.05, 0.1) is 5.60 Å². The molecule has 0 aliphatic carbocycles. The van der Waals surface area contributed by atoms with Crippen LogP contribution >= 0.6 is 0 Å². The molecule has 0 radical (unpaired) electrons. The Bertz CT molecular complexity index is 351. The third-order valence-corrected chi connectivity index (χ3v) is 5.41. The molecule has 0 bridgehead atoms. The SMILES string of the molecule is CCC1(O)CCCN(C(=O)CC2CCN(C(C)C)CC2)C1. The zero-order valence-electron chi connectivity index (χ0n) is 14.0. The number of nitrogens with zero attached hydrogens (tertiary/aromatic N) is 2. The Morgan fingerprint density at radius 1 is 1.29 bits per heavy atom. The average molecular weight is 296 g/mol. The molecule has 2 rings (SSSR count). The number of rotatable bonds is 4. The molecule has 0 aromatic carbocycles. The van der Waals surface area contributed by atoms with Crippen molar-refractivity contribution in [2.24, 2.45) is 5.92 Å². The van der Waals surface area contributed by atoms with Crippen molar-refractivity contribution >= 4 is 5.91 Å². The molecule has 122 valence electrons. The molecule has 2 saturated heterocycles. The molecule has 1 amide bonds. The van der Waals surface area contributed by atoms with E-state index < -0.39 is 5.60 Å². The number of amides is 1. The predicted octanol–water partition coefficient (Wildman–Crippen LogP) is 2.26. The molecule has 0 spiro atoms. The Hall–Kier alpha value is -0.610. The van der Waals surface area contributed by atoms with Crippen molar-refractivity contribution in [3.05, 3.63) is 0 Å². The summed E-state index contributed by atoms with van der Waals surface area (Å²) in [5.74, 6) is 0.786. The van der Waals surface area contributed by atoms with Gasteiger partial charge >= 0.3 is 0 Å². The number of carbonyl (C=O) groups is 1. The minimum absolute atomic E-state index is 0.254. The van der Waals surface area contributed by atoms with Crippen LogP contribution in [0.3, 0.4) is 0 Å². The molecule has 4 heteroatoms. The number of carbonyl (C=O) groups excluding carboxylic acids is 1. The van der Waals surface area contributed by atoms with E-state index in [1.165, 1.54) is 0 Å². The highest BCUT2D eigenvalue weighted by Crippen LogP contribution is 2.27. The lowest BCUT2D eigenvalue weighted by molar-refractivity contribution is -0.139. The van der Waals surface area contributed by atoms with Gasteiger partial charge in [0.25, 0.3) is 0 Å². The number of likely N-dealkylation sites (tertiary alicyclic amines) is 2. The molecular weight excluding hydrogens is 264 g/mol. The normalized spacial score (nSPS) is 29.1. The molecule has 21 heavy (non-hydrogen) atoms. The van der Waals surface area contributed by atoms with Crippen LogP contribution in [0.1, 0.15) is 59.3 Å². The lowest BCUT2D eigenvalue weighted by Crippen LogP contribution is -2.50. The summed E-state index contributed by atoms with van der Waals surface area (Å²) in [6.45, 7) is 10.1. The fourth-order valence-corrected chi connectivity index (χ4v) is 3.66. The van der Waals surface area contributed by atoms with Gasteiger partial charge in [-0.15, -0.1) is 0 Å². The zero-order valence-corrected chi connectivity index (χ0v) is 14.0. The Kier molecular flexibility index (Phi) is 5.67. The van der Waals surface area contributed by atoms with Crippen molar-refractivity contribution in [1.29, 1.82) is 0 Å². The second-order valence-electron chi connectivity index (χ2n) is 7.27. The molecule has 2 heterocycles. The first-order valence-corrected chi connectivity index (χ1v) is 8.68. The molecule has 4 nitrogen and oxygen atoms in total. The van der Waals surface area contributed by atoms with Crippen molar-refractivity contribution in [1.82, 2.24) is 9.80 Å². The summed E-state index contributed by atoms with van der Waals surface area (Å²) in [5, 5.41) is 10.4. The van der Waals surface area contributed by atoms with Gasteiger partial charge in [-0.3, -0.25) is 4.79 Å². The maximum Gasteiger partial charge on any atom is 0.222 e. The summed E-state index contributed by atoms with van der Waals surface area (Å²) < 4.78 is 0. The standard InChI is InChI=1S/C17H32N2O2/c1-4-17(21)8-5-9-19(13-17)16(20)12-15-6-10-18(11-7-15)14(2)3/h14-15,21H,4-13H2,1-3H3. The van der Waals surface area contributed by atoms with Crippen molar-refractivity contribution < 1.29 is 9.90 Å². The van der Waals surface area contributed by atoms with Gasteiger partial charge in [0.1, 0.15) is 0 Å². The molecule has 2 fully saturated rings. The van der Waals surface area contributed by atoms with Crippen LogP contribution in [-0.4, -0.2) is 58.6 Å². The Labute approximate surface area is 129 Å². The van der Waals surface area contributed by atoms with E-state index in [9.17, 15) is 9.90 Å². The smallest absolute Gasteiger partial charge is 0.222 e. The van der Waals surface area contributed by atoms with Gasteiger partial charge in [-0.2, -0.15) is 0 Å². The lowest BCUT2D eigenvalue weighted by atomic mass is 9.88. The first-order valence-electron chi connectivity index (χ1n) is 8.68. The summed E-state index contributed by atoms with van der Waals surface area (Å²) in [6.07, 6.45) is 5.45. The molecule has 0 saturated carbocycles. The number of β-amino-alcohol motifs (C(OH)–C–C–N with tert-alkyl or cyclic N) is 1. The largest absolute Gasteiger partial charge is 0.388 e. The second-order valence-corrected chi connectivity index (χ2v) is 7.27. The topological polar surface area (TPSA) is 43.8 Å². The second kappa shape index (κ2) is 7.10. The first kappa shape index (κ1) is 16.8. The van der Waals surface area contributed by atoms with E-state index in [1.54, 1.807) is 0 Å². The van der Waals surface area contributed by atoms with Crippen molar-refractivity contribution in [3.8, 4) is 0 Å². The Morgan fingerprint density at radius 2 is 1.95 bits per heavy atom. The van der Waals surface area contributed by atoms with Crippen LogP contribution in [0.2, 0.25) is 0 Å². The Morgan fingerprint density at radius 3 is 2.52 bits per heavy atom. The zero-order chi connectivity index (χ0) is 15.5. The van der Waals surface area contributed by atoms with E-state index in [4.69, 9.17) is 0 Å². The number of hydrogen-bond donors (Lipinski definition) is 1. The van der Waals surface area contributed by atoms with E-state index in [-0.39, 0.29) is 5.91 Å². The van der Waals surface area contributed by atoms with Gasteiger partial charge in [-0.05, 0) is 65.0 Å². The minimum atomic E-state index is -0.644. The van der Waals surface area contributed by atoms with E-state index in [0.717, 1.165) is 51.7 Å². The van der Waals surface area contributed by atoms with E-state index >= 15 is 0 Å². The van der Waals surface area contributed by atoms with Gasteiger partial charge in [0.2, 0.25) is 5.91 Å². The molecule has 1 atom stereocenters. The summed E-state index contributed by atoms with van der Waals surface area (Å²) >= 11 is 0. The van der Waals surface area contributed by atoms with Gasteiger partial charge < -0.3 is 14.9 Å². The summed E-state index contributed by atoms with van der Waals surface area (Å²) in [4.78, 5) is 16.9. The highest BCUT2D eigenvalue weighted by Gasteiger charge is 2.34. The maximum absolute atomic E-state index is 12.5. The van der Waals surface area contributed by atoms with Crippen molar-refractivity contribution in [2.75, 3.05) is 26.2 Å². The number of piperidine rings is 2. The van der Waals surface area contributed by atoms with E-state index in [0.29, 0.717) is 24.9 Å². The van der Waals surface area contributed by atoms with Crippen molar-refractivity contribution in [2.45, 2.75) is 70.9 Å². The highest BCUT2D eigenvalue weighted by atomic mass is 16.3. The third kappa shape index (κ3) is 4.43. The monoisotopic (exact) mass is 296 g/mol. The van der Waals surface area contributed by atoms with Crippen LogP contribution < -0.4 is 0 Å². The fraction of sp³-hybridized carbons (Fsp3) is 0.941. The van der Waals surface area contributed by atoms with Crippen molar-refractivity contribution in [3.63, 3.8) is 0 Å². The van der Waals surface area contributed by atoms with Crippen LogP contribution in [0.25, 0.3) is 0 Å². The van der Waals surface area contributed by atoms with Crippen LogP contribution in [0.15, 0.2) is 0 Å². The minimum Gasteiger partial charge on any atom is -0.388 e. The number of hydrogen-bond acceptors (Lipinski definition) is 3. The predicted molar refractivity (Wildman–Crippen MR) is 85.1 cm³/mol. The molecule has 1 N–H and O–H groups in total. The molecule has 1 unspecified atom stereocenters. The Balaban J connectivity index is 1.80. The fourth-order valence-electron chi connectivity index (χ4n) is 3.66. The molecule has 0 aromatic rings. The van der Waals surface area contributed by atoms with E-state index in [2.05, 4.69) is 18.7 Å². The van der Waals surface area contributed by atoms with Gasteiger partial charge in [0.15, 0.2) is 0 Å². The van der Waals surface area contributed by atoms with Crippen LogP contribution in [0.4, 0.5) is 0 Å². The molecule has 2 aliphatic rings. The van der Waals surface area contributed by atoms with Gasteiger partial charge in [0, 0.05) is 25.6 Å². The van der Waals surface area contributed by atoms with Crippen LogP contribution in [-0.2, 0) is 4.79 Å². The quantitative estimate of drug-likeness (QED) is 0.865. The average Bonchev–Trinajstić information content (AvgIpc) is 2.48. The van der Waals surface area contributed by atoms with Crippen LogP contribution in [0.5, 0.6) is 0 Å². The molecular formula is C17H32N2O2. The summed E-state index contributed by atoms with van der Waals surface area (Å²) in [6, 6.07) is 0.614.